The van der Waals surface area contributed by atoms with E-state index in [1.807, 2.05) is 18.2 Å². The monoisotopic (exact) mass is 368 g/mol. The molecule has 1 aromatic carbocycles. The Hall–Kier alpha value is -2.83. The zero-order chi connectivity index (χ0) is 18.5. The van der Waals surface area contributed by atoms with E-state index in [-0.39, 0.29) is 24.2 Å². The van der Waals surface area contributed by atoms with Gasteiger partial charge in [0.2, 0.25) is 0 Å². The number of nitrogens with one attached hydrogen (secondary N) is 1. The Bertz CT molecular complexity index is 901. The highest BCUT2D eigenvalue weighted by molar-refractivity contribution is 6.30. The zero-order valence-corrected chi connectivity index (χ0v) is 14.8. The zero-order valence-electron chi connectivity index (χ0n) is 14.1. The van der Waals surface area contributed by atoms with Crippen LogP contribution < -0.4 is 5.32 Å². The highest BCUT2D eigenvalue weighted by Gasteiger charge is 2.15. The van der Waals surface area contributed by atoms with E-state index >= 15 is 0 Å². The van der Waals surface area contributed by atoms with Crippen molar-refractivity contribution in [1.82, 2.24) is 20.3 Å². The molecule has 132 valence electrons. The predicted octanol–water partition coefficient (Wildman–Crippen LogP) is 2.97. The summed E-state index contributed by atoms with van der Waals surface area (Å²) in [7, 11) is 0. The van der Waals surface area contributed by atoms with Crippen LogP contribution in [0.4, 0.5) is 0 Å². The number of aliphatic hydroxyl groups excluding tert-OH is 1. The molecule has 3 rings (SSSR count). The lowest BCUT2D eigenvalue weighted by Gasteiger charge is -2.12. The number of aromatic nitrogens is 3. The summed E-state index contributed by atoms with van der Waals surface area (Å²) in [6.45, 7) is 1.55. The highest BCUT2D eigenvalue weighted by Crippen LogP contribution is 2.23. The number of carbonyl (C=O) groups excluding carboxylic acids is 1. The largest absolute Gasteiger partial charge is 0.394 e. The van der Waals surface area contributed by atoms with Gasteiger partial charge < -0.3 is 10.4 Å². The summed E-state index contributed by atoms with van der Waals surface area (Å²) in [5, 5.41) is 12.5. The number of halogens is 1. The molecule has 0 bridgehead atoms. The second kappa shape index (κ2) is 8.03. The molecule has 0 aliphatic heterocycles. The first-order valence-electron chi connectivity index (χ1n) is 8.04. The number of hydrogen-bond donors (Lipinski definition) is 2. The number of rotatable bonds is 5. The van der Waals surface area contributed by atoms with Crippen molar-refractivity contribution < 1.29 is 9.90 Å². The quantitative estimate of drug-likeness (QED) is 0.722. The van der Waals surface area contributed by atoms with Gasteiger partial charge in [0.1, 0.15) is 5.69 Å². The molecule has 0 radical (unpaired) electrons. The lowest BCUT2D eigenvalue weighted by Crippen LogP contribution is -2.35. The van der Waals surface area contributed by atoms with Crippen LogP contribution in [0.15, 0.2) is 54.9 Å². The number of aliphatic hydroxyl groups is 1. The third-order valence-electron chi connectivity index (χ3n) is 3.67. The highest BCUT2D eigenvalue weighted by atomic mass is 35.5. The topological polar surface area (TPSA) is 88.0 Å². The van der Waals surface area contributed by atoms with Crippen molar-refractivity contribution in [3.63, 3.8) is 0 Å². The minimum absolute atomic E-state index is 0.156. The van der Waals surface area contributed by atoms with Gasteiger partial charge in [0.05, 0.1) is 12.3 Å². The smallest absolute Gasteiger partial charge is 0.270 e. The van der Waals surface area contributed by atoms with Gasteiger partial charge in [-0.1, -0.05) is 23.7 Å². The fraction of sp³-hybridized carbons (Fsp3) is 0.158. The second-order valence-corrected chi connectivity index (χ2v) is 6.20. The van der Waals surface area contributed by atoms with E-state index in [9.17, 15) is 4.79 Å². The van der Waals surface area contributed by atoms with Crippen molar-refractivity contribution in [2.75, 3.05) is 6.61 Å². The molecule has 0 aliphatic carbocycles. The maximum Gasteiger partial charge on any atom is 0.270 e. The Morgan fingerprint density at radius 1 is 1.19 bits per heavy atom. The second-order valence-electron chi connectivity index (χ2n) is 5.77. The molecule has 2 heterocycles. The predicted molar refractivity (Wildman–Crippen MR) is 99.7 cm³/mol. The molecule has 1 atom stereocenters. The number of carbonyl (C=O) groups is 1. The molecule has 1 unspecified atom stereocenters. The van der Waals surface area contributed by atoms with Crippen LogP contribution in [0.25, 0.3) is 22.6 Å². The molecule has 6 nitrogen and oxygen atoms in total. The standard InChI is InChI=1S/C19H17ClN4O2/c1-12(11-25)22-19(26)17-9-16(13-4-6-15(20)7-5-13)23-18(24-17)14-3-2-8-21-10-14/h2-10,12,25H,11H2,1H3,(H,22,26). The van der Waals surface area contributed by atoms with Crippen molar-refractivity contribution in [1.29, 1.82) is 0 Å². The van der Waals surface area contributed by atoms with Crippen LogP contribution in [-0.4, -0.2) is 38.6 Å². The van der Waals surface area contributed by atoms with Gasteiger partial charge in [-0.3, -0.25) is 9.78 Å². The van der Waals surface area contributed by atoms with Crippen LogP contribution in [0, 0.1) is 0 Å². The lowest BCUT2D eigenvalue weighted by molar-refractivity contribution is 0.0917. The average Bonchev–Trinajstić information content (AvgIpc) is 2.68. The fourth-order valence-corrected chi connectivity index (χ4v) is 2.43. The van der Waals surface area contributed by atoms with Crippen LogP contribution in [0.5, 0.6) is 0 Å². The van der Waals surface area contributed by atoms with Gasteiger partial charge in [0.25, 0.3) is 5.91 Å². The van der Waals surface area contributed by atoms with E-state index in [1.54, 1.807) is 43.6 Å². The number of nitrogens with zero attached hydrogens (tertiary/aromatic N) is 3. The minimum Gasteiger partial charge on any atom is -0.394 e. The Balaban J connectivity index is 2.07. The molecular formula is C19H17ClN4O2. The molecule has 0 saturated carbocycles. The molecule has 0 aliphatic rings. The minimum atomic E-state index is -0.380. The Morgan fingerprint density at radius 2 is 1.96 bits per heavy atom. The molecule has 3 aromatic rings. The maximum absolute atomic E-state index is 12.5. The first-order chi connectivity index (χ1) is 12.6. The number of amides is 1. The molecule has 2 N–H and O–H groups in total. The van der Waals surface area contributed by atoms with Gasteiger partial charge in [0.15, 0.2) is 5.82 Å². The molecule has 26 heavy (non-hydrogen) atoms. The van der Waals surface area contributed by atoms with E-state index < -0.39 is 0 Å². The summed E-state index contributed by atoms with van der Waals surface area (Å²) in [6, 6.07) is 12.0. The van der Waals surface area contributed by atoms with Gasteiger partial charge in [-0.2, -0.15) is 0 Å². The number of benzene rings is 1. The first-order valence-corrected chi connectivity index (χ1v) is 8.42. The van der Waals surface area contributed by atoms with Crippen molar-refractivity contribution in [3.8, 4) is 22.6 Å². The van der Waals surface area contributed by atoms with Gasteiger partial charge >= 0.3 is 0 Å². The number of pyridine rings is 1. The van der Waals surface area contributed by atoms with Gasteiger partial charge in [-0.15, -0.1) is 0 Å². The molecule has 0 saturated heterocycles. The van der Waals surface area contributed by atoms with Crippen LogP contribution in [-0.2, 0) is 0 Å². The van der Waals surface area contributed by atoms with Gasteiger partial charge in [-0.05, 0) is 37.3 Å². The molecular weight excluding hydrogens is 352 g/mol. The Kier molecular flexibility index (Phi) is 5.55. The maximum atomic E-state index is 12.5. The van der Waals surface area contributed by atoms with Crippen LogP contribution in [0.2, 0.25) is 5.02 Å². The normalized spacial score (nSPS) is 11.8. The number of hydrogen-bond acceptors (Lipinski definition) is 5. The van der Waals surface area contributed by atoms with E-state index in [1.165, 1.54) is 0 Å². The van der Waals surface area contributed by atoms with Crippen molar-refractivity contribution in [2.45, 2.75) is 13.0 Å². The Morgan fingerprint density at radius 3 is 2.62 bits per heavy atom. The third kappa shape index (κ3) is 4.22. The molecule has 1 amide bonds. The van der Waals surface area contributed by atoms with Crippen molar-refractivity contribution in [2.24, 2.45) is 0 Å². The average molecular weight is 369 g/mol. The van der Waals surface area contributed by atoms with Gasteiger partial charge in [-0.25, -0.2) is 9.97 Å². The summed E-state index contributed by atoms with van der Waals surface area (Å²) >= 11 is 5.95. The van der Waals surface area contributed by atoms with Gasteiger partial charge in [0, 0.05) is 34.6 Å². The van der Waals surface area contributed by atoms with Crippen LogP contribution in [0.1, 0.15) is 17.4 Å². The lowest BCUT2D eigenvalue weighted by atomic mass is 10.1. The molecule has 2 aromatic heterocycles. The van der Waals surface area contributed by atoms with Crippen molar-refractivity contribution >= 4 is 17.5 Å². The van der Waals surface area contributed by atoms with E-state index in [0.29, 0.717) is 22.1 Å². The van der Waals surface area contributed by atoms with E-state index in [4.69, 9.17) is 16.7 Å². The first kappa shape index (κ1) is 18.0. The SMILES string of the molecule is CC(CO)NC(=O)c1cc(-c2ccc(Cl)cc2)nc(-c2cccnc2)n1. The van der Waals surface area contributed by atoms with E-state index in [2.05, 4.69) is 20.3 Å². The summed E-state index contributed by atoms with van der Waals surface area (Å²) in [5.41, 5.74) is 2.32. The molecule has 7 heteroatoms. The van der Waals surface area contributed by atoms with Crippen molar-refractivity contribution in [3.05, 3.63) is 65.6 Å². The summed E-state index contributed by atoms with van der Waals surface area (Å²) < 4.78 is 0. The summed E-state index contributed by atoms with van der Waals surface area (Å²) in [6.07, 6.45) is 3.29. The van der Waals surface area contributed by atoms with E-state index in [0.717, 1.165) is 5.56 Å². The fourth-order valence-electron chi connectivity index (χ4n) is 2.30. The van der Waals surface area contributed by atoms with Crippen LogP contribution >= 0.6 is 11.6 Å². The Labute approximate surface area is 155 Å². The molecule has 0 spiro atoms. The third-order valence-corrected chi connectivity index (χ3v) is 3.92. The summed E-state index contributed by atoms with van der Waals surface area (Å²) in [4.78, 5) is 25.5. The van der Waals surface area contributed by atoms with Crippen LogP contribution in [0.3, 0.4) is 0 Å². The molecule has 0 fully saturated rings. The summed E-state index contributed by atoms with van der Waals surface area (Å²) in [5.74, 6) is 0.0154.